The van der Waals surface area contributed by atoms with Gasteiger partial charge in [-0.1, -0.05) is 12.1 Å². The van der Waals surface area contributed by atoms with Gasteiger partial charge in [-0.2, -0.15) is 0 Å². The summed E-state index contributed by atoms with van der Waals surface area (Å²) < 4.78 is 5.39. The lowest BCUT2D eigenvalue weighted by Gasteiger charge is -2.34. The van der Waals surface area contributed by atoms with Crippen molar-refractivity contribution in [2.75, 3.05) is 26.2 Å². The van der Waals surface area contributed by atoms with Gasteiger partial charge in [-0.25, -0.2) is 4.98 Å². The molecule has 1 amide bonds. The molecule has 1 fully saturated rings. The standard InChI is InChI=1S/C20H20N4O3/c25-19-12-18(21-14-22-19)15-3-1-4-16(11-15)20(26)24-8-6-23(7-9-24)13-17-5-2-10-27-17/h1-5,10-12,14H,6-9,13H2,(H,21,22,25). The number of benzene rings is 1. The second-order valence-electron chi connectivity index (χ2n) is 6.52. The zero-order chi connectivity index (χ0) is 18.6. The van der Waals surface area contributed by atoms with Crippen LogP contribution in [0.25, 0.3) is 11.3 Å². The minimum absolute atomic E-state index is 0.000612. The van der Waals surface area contributed by atoms with Crippen molar-refractivity contribution in [2.24, 2.45) is 0 Å². The van der Waals surface area contributed by atoms with E-state index >= 15 is 0 Å². The molecule has 138 valence electrons. The zero-order valence-electron chi connectivity index (χ0n) is 14.8. The van der Waals surface area contributed by atoms with Crippen LogP contribution in [0, 0.1) is 0 Å². The van der Waals surface area contributed by atoms with E-state index in [1.54, 1.807) is 18.4 Å². The minimum Gasteiger partial charge on any atom is -0.468 e. The summed E-state index contributed by atoms with van der Waals surface area (Å²) in [6.45, 7) is 3.72. The molecular weight excluding hydrogens is 344 g/mol. The molecule has 0 aliphatic carbocycles. The lowest BCUT2D eigenvalue weighted by molar-refractivity contribution is 0.0620. The zero-order valence-corrected chi connectivity index (χ0v) is 14.8. The fraction of sp³-hybridized carbons (Fsp3) is 0.250. The summed E-state index contributed by atoms with van der Waals surface area (Å²) in [7, 11) is 0. The van der Waals surface area contributed by atoms with Crippen LogP contribution in [0.15, 0.2) is 64.3 Å². The molecule has 1 aliphatic rings. The van der Waals surface area contributed by atoms with Gasteiger partial charge in [0, 0.05) is 43.4 Å². The molecule has 0 atom stereocenters. The Hall–Kier alpha value is -3.19. The SMILES string of the molecule is O=C(c1cccc(-c2cc(=O)[nH]cn2)c1)N1CCN(Cc2ccco2)CC1. The van der Waals surface area contributed by atoms with E-state index in [-0.39, 0.29) is 11.5 Å². The van der Waals surface area contributed by atoms with Gasteiger partial charge < -0.3 is 14.3 Å². The lowest BCUT2D eigenvalue weighted by Crippen LogP contribution is -2.48. The molecule has 1 saturated heterocycles. The van der Waals surface area contributed by atoms with Crippen molar-refractivity contribution in [2.45, 2.75) is 6.54 Å². The molecule has 1 N–H and O–H groups in total. The van der Waals surface area contributed by atoms with Crippen LogP contribution in [0.2, 0.25) is 0 Å². The number of nitrogens with one attached hydrogen (secondary N) is 1. The molecular formula is C20H20N4O3. The molecule has 3 heterocycles. The molecule has 0 spiro atoms. The highest BCUT2D eigenvalue weighted by Gasteiger charge is 2.22. The summed E-state index contributed by atoms with van der Waals surface area (Å²) >= 11 is 0. The first-order valence-electron chi connectivity index (χ1n) is 8.88. The van der Waals surface area contributed by atoms with E-state index in [1.807, 2.05) is 29.2 Å². The molecule has 7 heteroatoms. The third-order valence-corrected chi connectivity index (χ3v) is 4.70. The Morgan fingerprint density at radius 2 is 1.96 bits per heavy atom. The first-order valence-corrected chi connectivity index (χ1v) is 8.88. The molecule has 0 saturated carbocycles. The summed E-state index contributed by atoms with van der Waals surface area (Å²) in [5, 5.41) is 0. The molecule has 2 aromatic heterocycles. The number of furan rings is 1. The van der Waals surface area contributed by atoms with Crippen LogP contribution < -0.4 is 5.56 Å². The minimum atomic E-state index is -0.218. The maximum atomic E-state index is 12.9. The maximum absolute atomic E-state index is 12.9. The number of piperazine rings is 1. The molecule has 1 aromatic carbocycles. The van der Waals surface area contributed by atoms with Crippen molar-refractivity contribution in [3.8, 4) is 11.3 Å². The average molecular weight is 364 g/mol. The van der Waals surface area contributed by atoms with Gasteiger partial charge >= 0.3 is 0 Å². The molecule has 0 bridgehead atoms. The van der Waals surface area contributed by atoms with E-state index in [2.05, 4.69) is 14.9 Å². The van der Waals surface area contributed by atoms with Crippen LogP contribution >= 0.6 is 0 Å². The van der Waals surface area contributed by atoms with Gasteiger partial charge in [0.25, 0.3) is 11.5 Å². The quantitative estimate of drug-likeness (QED) is 0.766. The van der Waals surface area contributed by atoms with Crippen LogP contribution in [-0.2, 0) is 6.54 Å². The topological polar surface area (TPSA) is 82.4 Å². The third-order valence-electron chi connectivity index (χ3n) is 4.70. The van der Waals surface area contributed by atoms with Crippen LogP contribution in [0.3, 0.4) is 0 Å². The van der Waals surface area contributed by atoms with Crippen LogP contribution in [0.1, 0.15) is 16.1 Å². The molecule has 0 radical (unpaired) electrons. The Morgan fingerprint density at radius 1 is 1.11 bits per heavy atom. The van der Waals surface area contributed by atoms with E-state index in [1.165, 1.54) is 12.4 Å². The molecule has 1 aliphatic heterocycles. The Bertz CT molecular complexity index is 973. The van der Waals surface area contributed by atoms with Crippen molar-refractivity contribution in [3.63, 3.8) is 0 Å². The monoisotopic (exact) mass is 364 g/mol. The number of hydrogen-bond acceptors (Lipinski definition) is 5. The molecule has 7 nitrogen and oxygen atoms in total. The molecule has 27 heavy (non-hydrogen) atoms. The van der Waals surface area contributed by atoms with Gasteiger partial charge in [0.1, 0.15) is 5.76 Å². The smallest absolute Gasteiger partial charge is 0.253 e. The van der Waals surface area contributed by atoms with Crippen molar-refractivity contribution < 1.29 is 9.21 Å². The van der Waals surface area contributed by atoms with Crippen molar-refractivity contribution in [3.05, 3.63) is 76.7 Å². The number of amides is 1. The lowest BCUT2D eigenvalue weighted by atomic mass is 10.1. The predicted octanol–water partition coefficient (Wildman–Crippen LogP) is 1.99. The summed E-state index contributed by atoms with van der Waals surface area (Å²) in [5.74, 6) is 0.937. The number of aromatic nitrogens is 2. The highest BCUT2D eigenvalue weighted by molar-refractivity contribution is 5.95. The molecule has 4 rings (SSSR count). The Balaban J connectivity index is 1.43. The summed E-state index contributed by atoms with van der Waals surface area (Å²) in [6, 6.07) is 12.5. The summed E-state index contributed by atoms with van der Waals surface area (Å²) in [4.78, 5) is 35.2. The number of carbonyl (C=O) groups excluding carboxylic acids is 1. The fourth-order valence-corrected chi connectivity index (χ4v) is 3.25. The third kappa shape index (κ3) is 3.98. The normalized spacial score (nSPS) is 15.0. The average Bonchev–Trinajstić information content (AvgIpc) is 3.21. The predicted molar refractivity (Wildman–Crippen MR) is 100 cm³/mol. The van der Waals surface area contributed by atoms with Crippen molar-refractivity contribution in [1.29, 1.82) is 0 Å². The maximum Gasteiger partial charge on any atom is 0.253 e. The number of hydrogen-bond donors (Lipinski definition) is 1. The van der Waals surface area contributed by atoms with Gasteiger partial charge in [0.05, 0.1) is 24.8 Å². The first kappa shape index (κ1) is 17.2. The fourth-order valence-electron chi connectivity index (χ4n) is 3.25. The van der Waals surface area contributed by atoms with Crippen LogP contribution in [0.5, 0.6) is 0 Å². The number of nitrogens with zero attached hydrogens (tertiary/aromatic N) is 3. The van der Waals surface area contributed by atoms with E-state index in [0.717, 1.165) is 31.0 Å². The summed E-state index contributed by atoms with van der Waals surface area (Å²) in [5.41, 5.74) is 1.69. The van der Waals surface area contributed by atoms with E-state index in [9.17, 15) is 9.59 Å². The number of H-pyrrole nitrogens is 1. The van der Waals surface area contributed by atoms with Crippen LogP contribution in [0.4, 0.5) is 0 Å². The van der Waals surface area contributed by atoms with E-state index < -0.39 is 0 Å². The Labute approximate surface area is 156 Å². The molecule has 0 unspecified atom stereocenters. The van der Waals surface area contributed by atoms with Gasteiger partial charge in [-0.05, 0) is 24.3 Å². The summed E-state index contributed by atoms with van der Waals surface area (Å²) in [6.07, 6.45) is 3.04. The second kappa shape index (κ2) is 7.59. The molecule has 3 aromatic rings. The van der Waals surface area contributed by atoms with Crippen LogP contribution in [-0.4, -0.2) is 51.9 Å². The first-order chi connectivity index (χ1) is 13.2. The largest absolute Gasteiger partial charge is 0.468 e. The van der Waals surface area contributed by atoms with Gasteiger partial charge in [-0.3, -0.25) is 14.5 Å². The van der Waals surface area contributed by atoms with E-state index in [0.29, 0.717) is 24.3 Å². The Kier molecular flexibility index (Phi) is 4.84. The second-order valence-corrected chi connectivity index (χ2v) is 6.52. The van der Waals surface area contributed by atoms with Crippen molar-refractivity contribution in [1.82, 2.24) is 19.8 Å². The Morgan fingerprint density at radius 3 is 2.70 bits per heavy atom. The number of carbonyl (C=O) groups is 1. The van der Waals surface area contributed by atoms with E-state index in [4.69, 9.17) is 4.42 Å². The highest BCUT2D eigenvalue weighted by Crippen LogP contribution is 2.18. The van der Waals surface area contributed by atoms with Crippen molar-refractivity contribution >= 4 is 5.91 Å². The van der Waals surface area contributed by atoms with Gasteiger partial charge in [0.15, 0.2) is 0 Å². The number of rotatable bonds is 4. The van der Waals surface area contributed by atoms with Gasteiger partial charge in [0.2, 0.25) is 0 Å². The van der Waals surface area contributed by atoms with Gasteiger partial charge in [-0.15, -0.1) is 0 Å². The highest BCUT2D eigenvalue weighted by atomic mass is 16.3. The number of aromatic amines is 1.